The van der Waals surface area contributed by atoms with Crippen LogP contribution in [0.5, 0.6) is 0 Å². The SMILES string of the molecule is CC(C)[C]([SnH3])=C(C(C)C)C(C)C. The van der Waals surface area contributed by atoms with E-state index in [1.165, 1.54) is 0 Å². The Morgan fingerprint density at radius 1 is 0.750 bits per heavy atom. The molecule has 0 spiro atoms. The van der Waals surface area contributed by atoms with Gasteiger partial charge < -0.3 is 0 Å². The average Bonchev–Trinajstić information content (AvgIpc) is 1.85. The summed E-state index contributed by atoms with van der Waals surface area (Å²) in [6.45, 7) is 14.0. The van der Waals surface area contributed by atoms with Crippen LogP contribution in [-0.4, -0.2) is 22.5 Å². The maximum atomic E-state index is 2.33. The average molecular weight is 275 g/mol. The summed E-state index contributed by atoms with van der Waals surface area (Å²) in [5, 5.41) is 0. The first kappa shape index (κ1) is 12.5. The van der Waals surface area contributed by atoms with E-state index in [-0.39, 0.29) is 0 Å². The van der Waals surface area contributed by atoms with E-state index in [1.807, 2.05) is 0 Å². The Hall–Kier alpha value is 0.539. The van der Waals surface area contributed by atoms with Crippen molar-refractivity contribution in [3.63, 3.8) is 0 Å². The van der Waals surface area contributed by atoms with E-state index in [0.717, 1.165) is 17.8 Å². The summed E-state index contributed by atoms with van der Waals surface area (Å²) >= 11 is 0.697. The zero-order chi connectivity index (χ0) is 9.89. The molecule has 0 radical (unpaired) electrons. The molecule has 0 aromatic rings. The Kier molecular flexibility index (Phi) is 5.55. The second-order valence-electron chi connectivity index (χ2n) is 4.60. The van der Waals surface area contributed by atoms with Gasteiger partial charge in [0.15, 0.2) is 0 Å². The molecule has 72 valence electrons. The molecule has 0 atom stereocenters. The molecular weight excluding hydrogens is 251 g/mol. The molecule has 1 heteroatoms. The minimum absolute atomic E-state index is 0.697. The first-order valence-electron chi connectivity index (χ1n) is 5.08. The number of hydrogen-bond acceptors (Lipinski definition) is 0. The standard InChI is InChI=1S/C11H21.Sn.3H/c1-8(2)7-11(9(3)4)10(5)6;;;;/h8-10H,1-6H3;;;;. The predicted octanol–water partition coefficient (Wildman–Crippen LogP) is 2.57. The Morgan fingerprint density at radius 3 is 1.17 bits per heavy atom. The van der Waals surface area contributed by atoms with Gasteiger partial charge in [0.25, 0.3) is 0 Å². The third kappa shape index (κ3) is 3.51. The van der Waals surface area contributed by atoms with Crippen LogP contribution in [0.1, 0.15) is 41.5 Å². The van der Waals surface area contributed by atoms with Crippen molar-refractivity contribution in [2.24, 2.45) is 17.8 Å². The molecule has 0 amide bonds. The molecule has 0 saturated heterocycles. The van der Waals surface area contributed by atoms with Crippen LogP contribution in [0.4, 0.5) is 0 Å². The Balaban J connectivity index is 4.81. The minimum atomic E-state index is 0.697. The summed E-state index contributed by atoms with van der Waals surface area (Å²) in [6, 6.07) is 0. The molecular formula is C11H24Sn. The second kappa shape index (κ2) is 5.31. The normalized spacial score (nSPS) is 11.8. The van der Waals surface area contributed by atoms with Gasteiger partial charge in [-0.2, -0.15) is 0 Å². The molecule has 0 aliphatic rings. The van der Waals surface area contributed by atoms with Gasteiger partial charge in [0.05, 0.1) is 0 Å². The molecule has 0 aromatic carbocycles. The fourth-order valence-electron chi connectivity index (χ4n) is 1.91. The van der Waals surface area contributed by atoms with Crippen molar-refractivity contribution < 1.29 is 0 Å². The molecule has 0 N–H and O–H groups in total. The molecule has 0 rings (SSSR count). The molecule has 0 unspecified atom stereocenters. The van der Waals surface area contributed by atoms with Gasteiger partial charge >= 0.3 is 91.0 Å². The fraction of sp³-hybridized carbons (Fsp3) is 0.818. The molecule has 0 aliphatic heterocycles. The van der Waals surface area contributed by atoms with Gasteiger partial charge in [0.1, 0.15) is 0 Å². The van der Waals surface area contributed by atoms with Crippen LogP contribution in [0.3, 0.4) is 0 Å². The van der Waals surface area contributed by atoms with Crippen LogP contribution in [-0.2, 0) is 0 Å². The summed E-state index contributed by atoms with van der Waals surface area (Å²) < 4.78 is 1.79. The maximum absolute atomic E-state index is 2.33. The zero-order valence-electron chi connectivity index (χ0n) is 9.73. The second-order valence-corrected chi connectivity index (χ2v) is 7.68. The molecule has 0 fully saturated rings. The summed E-state index contributed by atoms with van der Waals surface area (Å²) in [5.41, 5.74) is 1.74. The van der Waals surface area contributed by atoms with E-state index >= 15 is 0 Å². The molecule has 0 nitrogen and oxygen atoms in total. The topological polar surface area (TPSA) is 0 Å². The molecule has 0 aliphatic carbocycles. The predicted molar refractivity (Wildman–Crippen MR) is 61.5 cm³/mol. The van der Waals surface area contributed by atoms with E-state index in [0.29, 0.717) is 22.5 Å². The molecule has 0 saturated carbocycles. The van der Waals surface area contributed by atoms with Gasteiger partial charge in [-0.15, -0.1) is 0 Å². The quantitative estimate of drug-likeness (QED) is 0.694. The van der Waals surface area contributed by atoms with Crippen molar-refractivity contribution in [1.82, 2.24) is 0 Å². The molecule has 0 heterocycles. The van der Waals surface area contributed by atoms with Gasteiger partial charge in [-0.05, 0) is 0 Å². The molecule has 0 aromatic heterocycles. The third-order valence-electron chi connectivity index (χ3n) is 2.57. The summed E-state index contributed by atoms with van der Waals surface area (Å²) in [7, 11) is 0. The van der Waals surface area contributed by atoms with Crippen molar-refractivity contribution in [2.45, 2.75) is 41.5 Å². The van der Waals surface area contributed by atoms with Crippen molar-refractivity contribution in [3.8, 4) is 0 Å². The van der Waals surface area contributed by atoms with Gasteiger partial charge in [0, 0.05) is 0 Å². The van der Waals surface area contributed by atoms with Gasteiger partial charge in [-0.1, -0.05) is 0 Å². The molecule has 0 bridgehead atoms. The van der Waals surface area contributed by atoms with Crippen LogP contribution in [0, 0.1) is 17.8 Å². The monoisotopic (exact) mass is 276 g/mol. The Labute approximate surface area is 90.9 Å². The van der Waals surface area contributed by atoms with E-state index in [4.69, 9.17) is 0 Å². The summed E-state index contributed by atoms with van der Waals surface area (Å²) in [5.74, 6) is 2.30. The van der Waals surface area contributed by atoms with E-state index in [9.17, 15) is 0 Å². The van der Waals surface area contributed by atoms with E-state index < -0.39 is 0 Å². The van der Waals surface area contributed by atoms with Crippen LogP contribution >= 0.6 is 0 Å². The third-order valence-corrected chi connectivity index (χ3v) is 7.51. The van der Waals surface area contributed by atoms with Crippen LogP contribution in [0.2, 0.25) is 0 Å². The van der Waals surface area contributed by atoms with Gasteiger partial charge in [-0.25, -0.2) is 0 Å². The van der Waals surface area contributed by atoms with Gasteiger partial charge in [0.2, 0.25) is 0 Å². The Morgan fingerprint density at radius 2 is 1.08 bits per heavy atom. The van der Waals surface area contributed by atoms with Crippen LogP contribution < -0.4 is 0 Å². The Bertz CT molecular complexity index is 154. The number of allylic oxidation sites excluding steroid dienone is 2. The summed E-state index contributed by atoms with van der Waals surface area (Å²) in [4.78, 5) is 0. The number of rotatable bonds is 3. The van der Waals surface area contributed by atoms with E-state index in [1.54, 1.807) is 9.16 Å². The number of hydrogen-bond donors (Lipinski definition) is 0. The van der Waals surface area contributed by atoms with Crippen molar-refractivity contribution in [2.75, 3.05) is 0 Å². The summed E-state index contributed by atoms with van der Waals surface area (Å²) in [6.07, 6.45) is 0. The zero-order valence-corrected chi connectivity index (χ0v) is 15.4. The molecule has 12 heavy (non-hydrogen) atoms. The van der Waals surface area contributed by atoms with Crippen LogP contribution in [0.15, 0.2) is 9.16 Å². The first-order chi connectivity index (χ1) is 5.37. The van der Waals surface area contributed by atoms with Crippen molar-refractivity contribution in [1.29, 1.82) is 0 Å². The fourth-order valence-corrected chi connectivity index (χ4v) is 5.21. The first-order valence-corrected chi connectivity index (χ1v) is 7.93. The van der Waals surface area contributed by atoms with Gasteiger partial charge in [-0.3, -0.25) is 0 Å². The van der Waals surface area contributed by atoms with Crippen LogP contribution in [0.25, 0.3) is 0 Å². The van der Waals surface area contributed by atoms with E-state index in [2.05, 4.69) is 41.5 Å². The van der Waals surface area contributed by atoms with Crippen molar-refractivity contribution >= 4 is 22.5 Å². The van der Waals surface area contributed by atoms with Crippen molar-refractivity contribution in [3.05, 3.63) is 9.16 Å².